The number of carbonyl (C=O) groups is 2. The molecule has 2 aliphatic rings. The predicted molar refractivity (Wildman–Crippen MR) is 90.2 cm³/mol. The van der Waals surface area contributed by atoms with E-state index < -0.39 is 6.04 Å². The Morgan fingerprint density at radius 1 is 1.33 bits per heavy atom. The first-order valence-corrected chi connectivity index (χ1v) is 8.63. The number of benzene rings is 1. The van der Waals surface area contributed by atoms with Crippen molar-refractivity contribution in [3.05, 3.63) is 35.9 Å². The lowest BCUT2D eigenvalue weighted by Crippen LogP contribution is -2.56. The summed E-state index contributed by atoms with van der Waals surface area (Å²) in [6.45, 7) is 3.48. The van der Waals surface area contributed by atoms with Crippen molar-refractivity contribution in [3.63, 3.8) is 0 Å². The molecule has 2 atom stereocenters. The second-order valence-electron chi connectivity index (χ2n) is 6.48. The fourth-order valence-corrected chi connectivity index (χ4v) is 3.28. The molecule has 2 N–H and O–H groups in total. The summed E-state index contributed by atoms with van der Waals surface area (Å²) >= 11 is 0. The van der Waals surface area contributed by atoms with Crippen molar-refractivity contribution in [1.82, 2.24) is 15.5 Å². The zero-order chi connectivity index (χ0) is 16.8. The Morgan fingerprint density at radius 3 is 2.92 bits per heavy atom. The third-order valence-corrected chi connectivity index (χ3v) is 4.71. The van der Waals surface area contributed by atoms with Crippen molar-refractivity contribution >= 4 is 11.8 Å². The van der Waals surface area contributed by atoms with Gasteiger partial charge in [0.1, 0.15) is 12.6 Å². The van der Waals surface area contributed by atoms with E-state index in [1.807, 2.05) is 30.3 Å². The van der Waals surface area contributed by atoms with Crippen LogP contribution < -0.4 is 10.6 Å². The summed E-state index contributed by atoms with van der Waals surface area (Å²) in [7, 11) is 0. The van der Waals surface area contributed by atoms with Gasteiger partial charge in [-0.3, -0.25) is 9.59 Å². The van der Waals surface area contributed by atoms with Crippen LogP contribution in [0.25, 0.3) is 0 Å². The Kier molecular flexibility index (Phi) is 5.82. The van der Waals surface area contributed by atoms with Crippen LogP contribution in [-0.4, -0.2) is 55.6 Å². The molecule has 0 radical (unpaired) electrons. The van der Waals surface area contributed by atoms with Gasteiger partial charge in [0.05, 0.1) is 6.61 Å². The molecule has 24 heavy (non-hydrogen) atoms. The smallest absolute Gasteiger partial charge is 0.249 e. The predicted octanol–water partition coefficient (Wildman–Crippen LogP) is 0.530. The Balaban J connectivity index is 1.56. The van der Waals surface area contributed by atoms with Crippen LogP contribution in [0.5, 0.6) is 0 Å². The molecule has 0 bridgehead atoms. The minimum atomic E-state index is -0.548. The maximum absolute atomic E-state index is 12.5. The molecule has 2 heterocycles. The van der Waals surface area contributed by atoms with E-state index in [1.54, 1.807) is 4.90 Å². The zero-order valence-corrected chi connectivity index (χ0v) is 13.9. The van der Waals surface area contributed by atoms with Crippen molar-refractivity contribution in [2.45, 2.75) is 25.4 Å². The van der Waals surface area contributed by atoms with Crippen LogP contribution >= 0.6 is 0 Å². The molecular formula is C18H25N3O3. The van der Waals surface area contributed by atoms with Crippen molar-refractivity contribution in [1.29, 1.82) is 0 Å². The molecule has 6 nitrogen and oxygen atoms in total. The number of hydrogen-bond acceptors (Lipinski definition) is 4. The molecule has 6 heteroatoms. The van der Waals surface area contributed by atoms with Gasteiger partial charge in [-0.2, -0.15) is 0 Å². The first-order valence-electron chi connectivity index (χ1n) is 8.63. The first-order chi connectivity index (χ1) is 11.7. The molecule has 3 rings (SSSR count). The molecule has 0 aliphatic carbocycles. The van der Waals surface area contributed by atoms with Gasteiger partial charge in [-0.15, -0.1) is 0 Å². The molecule has 1 aromatic carbocycles. The van der Waals surface area contributed by atoms with Crippen molar-refractivity contribution in [2.75, 3.05) is 32.8 Å². The molecule has 2 saturated heterocycles. The number of nitrogens with zero attached hydrogens (tertiary/aromatic N) is 1. The molecule has 1 unspecified atom stereocenters. The highest BCUT2D eigenvalue weighted by Gasteiger charge is 2.33. The van der Waals surface area contributed by atoms with Crippen LogP contribution in [0.15, 0.2) is 30.3 Å². The topological polar surface area (TPSA) is 70.7 Å². The molecular weight excluding hydrogens is 306 g/mol. The van der Waals surface area contributed by atoms with Gasteiger partial charge in [0.2, 0.25) is 11.8 Å². The quantitative estimate of drug-likeness (QED) is 0.798. The van der Waals surface area contributed by atoms with Gasteiger partial charge in [-0.05, 0) is 37.4 Å². The molecule has 2 aliphatic heterocycles. The third-order valence-electron chi connectivity index (χ3n) is 4.71. The molecule has 1 aromatic rings. The molecule has 0 saturated carbocycles. The molecule has 2 amide bonds. The normalized spacial score (nSPS) is 24.2. The summed E-state index contributed by atoms with van der Waals surface area (Å²) in [6, 6.07) is 9.19. The SMILES string of the molecule is O=C(NCCC1CCNC1)[C@H]1COCC(=O)N1Cc1ccccc1. The van der Waals surface area contributed by atoms with E-state index in [-0.39, 0.29) is 25.0 Å². The fraction of sp³-hybridized carbons (Fsp3) is 0.556. The molecule has 130 valence electrons. The minimum absolute atomic E-state index is 0.0460. The van der Waals surface area contributed by atoms with Gasteiger partial charge >= 0.3 is 0 Å². The van der Waals surface area contributed by atoms with Gasteiger partial charge in [-0.25, -0.2) is 0 Å². The van der Waals surface area contributed by atoms with E-state index in [1.165, 1.54) is 6.42 Å². The van der Waals surface area contributed by atoms with Crippen molar-refractivity contribution in [2.24, 2.45) is 5.92 Å². The largest absolute Gasteiger partial charge is 0.369 e. The number of hydrogen-bond donors (Lipinski definition) is 2. The number of amides is 2. The summed E-state index contributed by atoms with van der Waals surface area (Å²) in [4.78, 5) is 26.4. The highest BCUT2D eigenvalue weighted by molar-refractivity contribution is 5.89. The summed E-state index contributed by atoms with van der Waals surface area (Å²) in [6.07, 6.45) is 2.14. The highest BCUT2D eigenvalue weighted by atomic mass is 16.5. The monoisotopic (exact) mass is 331 g/mol. The van der Waals surface area contributed by atoms with Gasteiger partial charge in [0, 0.05) is 13.1 Å². The number of ether oxygens (including phenoxy) is 1. The van der Waals surface area contributed by atoms with Crippen LogP contribution in [0, 0.1) is 5.92 Å². The zero-order valence-electron chi connectivity index (χ0n) is 13.9. The summed E-state index contributed by atoms with van der Waals surface area (Å²) in [5, 5.41) is 6.30. The van der Waals surface area contributed by atoms with Crippen molar-refractivity contribution < 1.29 is 14.3 Å². The molecule has 2 fully saturated rings. The van der Waals surface area contributed by atoms with E-state index in [0.29, 0.717) is 19.0 Å². The van der Waals surface area contributed by atoms with Crippen LogP contribution in [-0.2, 0) is 20.9 Å². The summed E-state index contributed by atoms with van der Waals surface area (Å²) in [5.74, 6) is 0.380. The molecule has 0 spiro atoms. The lowest BCUT2D eigenvalue weighted by Gasteiger charge is -2.34. The Morgan fingerprint density at radius 2 is 2.17 bits per heavy atom. The first kappa shape index (κ1) is 16.9. The van der Waals surface area contributed by atoms with Crippen LogP contribution in [0.2, 0.25) is 0 Å². The van der Waals surface area contributed by atoms with E-state index in [4.69, 9.17) is 4.74 Å². The van der Waals surface area contributed by atoms with Crippen LogP contribution in [0.3, 0.4) is 0 Å². The standard InChI is InChI=1S/C18H25N3O3/c22-17-13-24-12-16(21(17)11-15-4-2-1-3-5-15)18(23)20-9-7-14-6-8-19-10-14/h1-5,14,16,19H,6-13H2,(H,20,23)/t14?,16-/m1/s1. The van der Waals surface area contributed by atoms with E-state index in [0.717, 1.165) is 25.1 Å². The summed E-state index contributed by atoms with van der Waals surface area (Å²) < 4.78 is 5.30. The minimum Gasteiger partial charge on any atom is -0.369 e. The van der Waals surface area contributed by atoms with Crippen LogP contribution in [0.1, 0.15) is 18.4 Å². The molecule has 0 aromatic heterocycles. The fourth-order valence-electron chi connectivity index (χ4n) is 3.28. The average molecular weight is 331 g/mol. The average Bonchev–Trinajstić information content (AvgIpc) is 3.11. The Hall–Kier alpha value is -1.92. The Labute approximate surface area is 142 Å². The number of carbonyl (C=O) groups excluding carboxylic acids is 2. The Bertz CT molecular complexity index is 558. The van der Waals surface area contributed by atoms with Gasteiger partial charge in [0.25, 0.3) is 0 Å². The lowest BCUT2D eigenvalue weighted by molar-refractivity contribution is -0.155. The number of nitrogens with one attached hydrogen (secondary N) is 2. The number of rotatable bonds is 6. The summed E-state index contributed by atoms with van der Waals surface area (Å²) in [5.41, 5.74) is 1.02. The number of morpholine rings is 1. The lowest BCUT2D eigenvalue weighted by atomic mass is 10.1. The third kappa shape index (κ3) is 4.33. The van der Waals surface area contributed by atoms with E-state index in [9.17, 15) is 9.59 Å². The maximum atomic E-state index is 12.5. The van der Waals surface area contributed by atoms with Crippen LogP contribution in [0.4, 0.5) is 0 Å². The van der Waals surface area contributed by atoms with Crippen molar-refractivity contribution in [3.8, 4) is 0 Å². The van der Waals surface area contributed by atoms with E-state index in [2.05, 4.69) is 10.6 Å². The second kappa shape index (κ2) is 8.26. The van der Waals surface area contributed by atoms with Gasteiger partial charge < -0.3 is 20.3 Å². The van der Waals surface area contributed by atoms with Gasteiger partial charge in [0.15, 0.2) is 0 Å². The van der Waals surface area contributed by atoms with Gasteiger partial charge in [-0.1, -0.05) is 30.3 Å². The maximum Gasteiger partial charge on any atom is 0.249 e. The second-order valence-corrected chi connectivity index (χ2v) is 6.48. The van der Waals surface area contributed by atoms with E-state index >= 15 is 0 Å². The highest BCUT2D eigenvalue weighted by Crippen LogP contribution is 2.15.